The van der Waals surface area contributed by atoms with Gasteiger partial charge in [0.25, 0.3) is 0 Å². The van der Waals surface area contributed by atoms with Crippen molar-refractivity contribution in [2.24, 2.45) is 0 Å². The number of anilines is 2. The van der Waals surface area contributed by atoms with E-state index in [0.717, 1.165) is 17.7 Å². The fourth-order valence-corrected chi connectivity index (χ4v) is 3.39. The Morgan fingerprint density at radius 2 is 2.11 bits per heavy atom. The molecule has 0 unspecified atom stereocenters. The third-order valence-electron chi connectivity index (χ3n) is 4.64. The lowest BCUT2D eigenvalue weighted by Gasteiger charge is -2.31. The van der Waals surface area contributed by atoms with Crippen molar-refractivity contribution in [2.45, 2.75) is 32.4 Å². The summed E-state index contributed by atoms with van der Waals surface area (Å²) in [6, 6.07) is 7.42. The molecule has 5 N–H and O–H groups in total. The number of aliphatic carboxylic acids is 1. The molecule has 3 rings (SSSR count). The van der Waals surface area contributed by atoms with Gasteiger partial charge in [0.15, 0.2) is 6.61 Å². The molecule has 1 aliphatic rings. The Bertz CT molecular complexity index is 875. The molecule has 1 aliphatic heterocycles. The molecule has 2 heterocycles. The number of hydrogen-bond acceptors (Lipinski definition) is 8. The fourth-order valence-electron chi connectivity index (χ4n) is 3.39. The zero-order valence-corrected chi connectivity index (χ0v) is 16.0. The molecule has 1 atom stereocenters. The van der Waals surface area contributed by atoms with Crippen LogP contribution in [-0.2, 0) is 17.8 Å². The van der Waals surface area contributed by atoms with Crippen molar-refractivity contribution >= 4 is 17.7 Å². The van der Waals surface area contributed by atoms with E-state index in [2.05, 4.69) is 21.8 Å². The first-order valence-corrected chi connectivity index (χ1v) is 9.05. The summed E-state index contributed by atoms with van der Waals surface area (Å²) in [6.45, 7) is 5.65. The zero-order chi connectivity index (χ0) is 20.3. The predicted molar refractivity (Wildman–Crippen MR) is 104 cm³/mol. The van der Waals surface area contributed by atoms with E-state index in [1.54, 1.807) is 6.07 Å². The minimum atomic E-state index is -1.01. The number of aromatic nitrogens is 2. The minimum absolute atomic E-state index is 0.0948. The summed E-state index contributed by atoms with van der Waals surface area (Å²) >= 11 is 0. The Kier molecular flexibility index (Phi) is 5.55. The van der Waals surface area contributed by atoms with E-state index < -0.39 is 11.6 Å². The summed E-state index contributed by atoms with van der Waals surface area (Å²) < 4.78 is 11.5. The summed E-state index contributed by atoms with van der Waals surface area (Å²) in [4.78, 5) is 21.2. The van der Waals surface area contributed by atoms with E-state index in [9.17, 15) is 4.79 Å². The first-order chi connectivity index (χ1) is 13.3. The number of nitrogens with zero attached hydrogens (tertiary/aromatic N) is 3. The predicted octanol–water partition coefficient (Wildman–Crippen LogP) is 1.32. The summed E-state index contributed by atoms with van der Waals surface area (Å²) in [5.41, 5.74) is 12.8. The number of para-hydroxylation sites is 1. The molecule has 1 aromatic heterocycles. The Balaban J connectivity index is 1.72. The minimum Gasteiger partial charge on any atom is -0.482 e. The van der Waals surface area contributed by atoms with Crippen molar-refractivity contribution in [3.8, 4) is 11.6 Å². The van der Waals surface area contributed by atoms with Crippen LogP contribution in [0.15, 0.2) is 24.3 Å². The number of rotatable bonds is 8. The molecule has 0 saturated carbocycles. The van der Waals surface area contributed by atoms with Gasteiger partial charge in [-0.05, 0) is 19.5 Å². The SMILES string of the molecule is CCN(Cc1ccccc1OCC(=O)O)C[C@]1(C)Cc2c(N)nc(N)nc2O1. The maximum absolute atomic E-state index is 10.8. The van der Waals surface area contributed by atoms with E-state index in [1.165, 1.54) is 0 Å². The van der Waals surface area contributed by atoms with Gasteiger partial charge in [0.1, 0.15) is 17.2 Å². The van der Waals surface area contributed by atoms with Gasteiger partial charge < -0.3 is 26.0 Å². The number of carboxylic acid groups (broad SMARTS) is 1. The number of nitrogen functional groups attached to an aromatic ring is 2. The molecule has 0 aliphatic carbocycles. The monoisotopic (exact) mass is 387 g/mol. The van der Waals surface area contributed by atoms with Crippen LogP contribution >= 0.6 is 0 Å². The van der Waals surface area contributed by atoms with Crippen molar-refractivity contribution in [1.29, 1.82) is 0 Å². The number of fused-ring (bicyclic) bond motifs is 1. The summed E-state index contributed by atoms with van der Waals surface area (Å²) in [7, 11) is 0. The Hall–Kier alpha value is -3.07. The van der Waals surface area contributed by atoms with Crippen molar-refractivity contribution in [1.82, 2.24) is 14.9 Å². The number of ether oxygens (including phenoxy) is 2. The second-order valence-electron chi connectivity index (χ2n) is 7.07. The first kappa shape index (κ1) is 19.7. The molecule has 9 heteroatoms. The Morgan fingerprint density at radius 3 is 2.82 bits per heavy atom. The molecule has 0 bridgehead atoms. The number of nitrogens with two attached hydrogens (primary N) is 2. The van der Waals surface area contributed by atoms with Gasteiger partial charge in [-0.2, -0.15) is 9.97 Å². The first-order valence-electron chi connectivity index (χ1n) is 9.05. The van der Waals surface area contributed by atoms with Crippen LogP contribution in [0, 0.1) is 0 Å². The molecule has 0 spiro atoms. The molecule has 2 aromatic rings. The van der Waals surface area contributed by atoms with E-state index in [0.29, 0.717) is 37.0 Å². The lowest BCUT2D eigenvalue weighted by Crippen LogP contribution is -2.44. The van der Waals surface area contributed by atoms with E-state index >= 15 is 0 Å². The van der Waals surface area contributed by atoms with Gasteiger partial charge in [-0.3, -0.25) is 4.90 Å². The topological polar surface area (TPSA) is 137 Å². The maximum Gasteiger partial charge on any atom is 0.341 e. The van der Waals surface area contributed by atoms with Crippen LogP contribution in [0.2, 0.25) is 0 Å². The zero-order valence-electron chi connectivity index (χ0n) is 16.0. The second kappa shape index (κ2) is 7.89. The van der Waals surface area contributed by atoms with Gasteiger partial charge in [-0.1, -0.05) is 25.1 Å². The largest absolute Gasteiger partial charge is 0.482 e. The number of hydrogen-bond donors (Lipinski definition) is 3. The molecule has 0 radical (unpaired) electrons. The normalized spacial score (nSPS) is 18.0. The van der Waals surface area contributed by atoms with Crippen LogP contribution in [0.25, 0.3) is 0 Å². The molecule has 0 amide bonds. The molecule has 28 heavy (non-hydrogen) atoms. The summed E-state index contributed by atoms with van der Waals surface area (Å²) in [5.74, 6) is 0.435. The quantitative estimate of drug-likeness (QED) is 0.612. The molecule has 0 fully saturated rings. The third-order valence-corrected chi connectivity index (χ3v) is 4.64. The van der Waals surface area contributed by atoms with E-state index in [1.807, 2.05) is 25.1 Å². The number of benzene rings is 1. The van der Waals surface area contributed by atoms with Gasteiger partial charge in [-0.25, -0.2) is 4.79 Å². The lowest BCUT2D eigenvalue weighted by atomic mass is 9.99. The highest BCUT2D eigenvalue weighted by Crippen LogP contribution is 2.37. The smallest absolute Gasteiger partial charge is 0.341 e. The summed E-state index contributed by atoms with van der Waals surface area (Å²) in [6.07, 6.45) is 0.585. The molecule has 0 saturated heterocycles. The van der Waals surface area contributed by atoms with Crippen LogP contribution < -0.4 is 20.9 Å². The van der Waals surface area contributed by atoms with Crippen LogP contribution in [-0.4, -0.2) is 51.2 Å². The fraction of sp³-hybridized carbons (Fsp3) is 0.421. The second-order valence-corrected chi connectivity index (χ2v) is 7.07. The van der Waals surface area contributed by atoms with Crippen molar-refractivity contribution in [3.05, 3.63) is 35.4 Å². The highest BCUT2D eigenvalue weighted by Gasteiger charge is 2.39. The van der Waals surface area contributed by atoms with Crippen LogP contribution in [0.4, 0.5) is 11.8 Å². The number of carbonyl (C=O) groups is 1. The van der Waals surface area contributed by atoms with Crippen molar-refractivity contribution in [2.75, 3.05) is 31.2 Å². The van der Waals surface area contributed by atoms with Crippen LogP contribution in [0.1, 0.15) is 25.0 Å². The molecule has 1 aromatic carbocycles. The Labute approximate surface area is 163 Å². The Morgan fingerprint density at radius 1 is 1.36 bits per heavy atom. The highest BCUT2D eigenvalue weighted by molar-refractivity contribution is 5.68. The van der Waals surface area contributed by atoms with Gasteiger partial charge in [-0.15, -0.1) is 0 Å². The van der Waals surface area contributed by atoms with Gasteiger partial charge in [0.05, 0.1) is 5.56 Å². The molecular formula is C19H25N5O4. The average molecular weight is 387 g/mol. The standard InChI is InChI=1S/C19H25N5O4/c1-3-24(9-12-6-4-5-7-14(12)27-10-15(25)26)11-19(2)8-13-16(20)22-18(21)23-17(13)28-19/h4-7H,3,8-11H2,1-2H3,(H,25,26)(H4,20,21,22,23)/t19-/m0/s1. The molecule has 150 valence electrons. The number of carboxylic acids is 1. The highest BCUT2D eigenvalue weighted by atomic mass is 16.5. The average Bonchev–Trinajstić information content (AvgIpc) is 2.96. The van der Waals surface area contributed by atoms with Crippen LogP contribution in [0.3, 0.4) is 0 Å². The van der Waals surface area contributed by atoms with E-state index in [4.69, 9.17) is 26.0 Å². The summed E-state index contributed by atoms with van der Waals surface area (Å²) in [5, 5.41) is 8.86. The lowest BCUT2D eigenvalue weighted by molar-refractivity contribution is -0.139. The van der Waals surface area contributed by atoms with Crippen molar-refractivity contribution < 1.29 is 19.4 Å². The van der Waals surface area contributed by atoms with E-state index in [-0.39, 0.29) is 12.6 Å². The third kappa shape index (κ3) is 4.42. The van der Waals surface area contributed by atoms with Crippen molar-refractivity contribution in [3.63, 3.8) is 0 Å². The van der Waals surface area contributed by atoms with Gasteiger partial charge in [0.2, 0.25) is 11.8 Å². The van der Waals surface area contributed by atoms with Gasteiger partial charge >= 0.3 is 5.97 Å². The molecule has 9 nitrogen and oxygen atoms in total. The molecular weight excluding hydrogens is 362 g/mol. The maximum atomic E-state index is 10.8. The van der Waals surface area contributed by atoms with Gasteiger partial charge in [0, 0.05) is 25.1 Å². The van der Waals surface area contributed by atoms with Crippen LogP contribution in [0.5, 0.6) is 11.6 Å². The number of likely N-dealkylation sites (N-methyl/N-ethyl adjacent to an activating group) is 1.